The van der Waals surface area contributed by atoms with Gasteiger partial charge in [0.1, 0.15) is 23.0 Å². The number of methoxy groups -OCH3 is 4. The molecule has 2 aromatic heterocycles. The summed E-state index contributed by atoms with van der Waals surface area (Å²) >= 11 is 6.17. The van der Waals surface area contributed by atoms with Crippen LogP contribution in [0.3, 0.4) is 0 Å². The van der Waals surface area contributed by atoms with Crippen molar-refractivity contribution < 1.29 is 28.4 Å². The SMILES string of the molecule is COc1cc2nccc(Oc3ccc(N)cc3)c2cc1OC.COc1cc2nccc(Oc3ccc(N)cc3Cl)c2cc1OC. The minimum atomic E-state index is 0.440. The zero-order chi connectivity index (χ0) is 31.9. The average Bonchev–Trinajstić information content (AvgIpc) is 3.06. The summed E-state index contributed by atoms with van der Waals surface area (Å²) in [5.74, 6) is 4.99. The summed E-state index contributed by atoms with van der Waals surface area (Å²) in [4.78, 5) is 8.68. The summed E-state index contributed by atoms with van der Waals surface area (Å²) in [6.07, 6.45) is 3.36. The van der Waals surface area contributed by atoms with E-state index in [4.69, 9.17) is 51.5 Å². The minimum absolute atomic E-state index is 0.440. The Kier molecular flexibility index (Phi) is 9.45. The van der Waals surface area contributed by atoms with Crippen molar-refractivity contribution in [2.75, 3.05) is 39.9 Å². The number of hydrogen-bond donors (Lipinski definition) is 2. The van der Waals surface area contributed by atoms with Gasteiger partial charge in [-0.3, -0.25) is 9.97 Å². The molecule has 4 N–H and O–H groups in total. The number of aromatic nitrogens is 2. The van der Waals surface area contributed by atoms with E-state index in [9.17, 15) is 0 Å². The van der Waals surface area contributed by atoms with E-state index < -0.39 is 0 Å². The van der Waals surface area contributed by atoms with Gasteiger partial charge in [0, 0.05) is 46.7 Å². The summed E-state index contributed by atoms with van der Waals surface area (Å²) in [7, 11) is 6.36. The van der Waals surface area contributed by atoms with Crippen molar-refractivity contribution >= 4 is 44.8 Å². The first-order valence-corrected chi connectivity index (χ1v) is 14.0. The molecule has 45 heavy (non-hydrogen) atoms. The topological polar surface area (TPSA) is 133 Å². The molecule has 0 saturated carbocycles. The Morgan fingerprint density at radius 3 is 1.44 bits per heavy atom. The number of halogens is 1. The van der Waals surface area contributed by atoms with Gasteiger partial charge in [0.15, 0.2) is 23.0 Å². The second-order valence-electron chi connectivity index (χ2n) is 9.53. The molecule has 11 heteroatoms. The van der Waals surface area contributed by atoms with Gasteiger partial charge in [-0.2, -0.15) is 0 Å². The molecule has 6 rings (SSSR count). The number of ether oxygens (including phenoxy) is 6. The van der Waals surface area contributed by atoms with Gasteiger partial charge in [0.25, 0.3) is 0 Å². The second-order valence-corrected chi connectivity index (χ2v) is 9.94. The summed E-state index contributed by atoms with van der Waals surface area (Å²) in [6, 6.07) is 23.2. The van der Waals surface area contributed by atoms with Crippen LogP contribution in [0, 0.1) is 0 Å². The maximum atomic E-state index is 6.17. The Labute approximate surface area is 265 Å². The van der Waals surface area contributed by atoms with Crippen LogP contribution in [0.2, 0.25) is 5.02 Å². The molecule has 0 fully saturated rings. The molecule has 4 aromatic carbocycles. The van der Waals surface area contributed by atoms with Crippen LogP contribution in [-0.4, -0.2) is 38.4 Å². The van der Waals surface area contributed by atoms with Crippen LogP contribution in [0.15, 0.2) is 91.3 Å². The fourth-order valence-corrected chi connectivity index (χ4v) is 4.68. The molecule has 0 aliphatic heterocycles. The first-order valence-electron chi connectivity index (χ1n) is 13.6. The van der Waals surface area contributed by atoms with Crippen LogP contribution in [0.1, 0.15) is 0 Å². The number of hydrogen-bond acceptors (Lipinski definition) is 10. The lowest BCUT2D eigenvalue weighted by molar-refractivity contribution is 0.355. The molecule has 0 atom stereocenters. The molecule has 2 heterocycles. The third-order valence-electron chi connectivity index (χ3n) is 6.70. The fourth-order valence-electron chi connectivity index (χ4n) is 4.45. The largest absolute Gasteiger partial charge is 0.493 e. The van der Waals surface area contributed by atoms with Gasteiger partial charge in [0.05, 0.1) is 44.5 Å². The highest BCUT2D eigenvalue weighted by atomic mass is 35.5. The minimum Gasteiger partial charge on any atom is -0.493 e. The van der Waals surface area contributed by atoms with E-state index >= 15 is 0 Å². The number of fused-ring (bicyclic) bond motifs is 2. The molecule has 0 bridgehead atoms. The monoisotopic (exact) mass is 626 g/mol. The average molecular weight is 627 g/mol. The van der Waals surface area contributed by atoms with Crippen molar-refractivity contribution in [3.63, 3.8) is 0 Å². The molecule has 230 valence electrons. The Morgan fingerprint density at radius 2 is 0.956 bits per heavy atom. The highest BCUT2D eigenvalue weighted by Crippen LogP contribution is 2.39. The molecular weight excluding hydrogens is 596 g/mol. The Bertz CT molecular complexity index is 1950. The van der Waals surface area contributed by atoms with Crippen LogP contribution in [0.25, 0.3) is 21.8 Å². The highest BCUT2D eigenvalue weighted by Gasteiger charge is 2.13. The first-order chi connectivity index (χ1) is 21.8. The van der Waals surface area contributed by atoms with Crippen molar-refractivity contribution in [1.82, 2.24) is 9.97 Å². The van der Waals surface area contributed by atoms with Crippen LogP contribution in [0.4, 0.5) is 11.4 Å². The van der Waals surface area contributed by atoms with E-state index in [1.54, 1.807) is 83.3 Å². The molecule has 0 amide bonds. The van der Waals surface area contributed by atoms with Crippen LogP contribution < -0.4 is 39.9 Å². The first kappa shape index (κ1) is 30.8. The Balaban J connectivity index is 0.000000178. The Hall–Kier alpha value is -5.61. The van der Waals surface area contributed by atoms with E-state index in [0.29, 0.717) is 62.4 Å². The number of nitrogens with two attached hydrogens (primary N) is 2. The number of anilines is 2. The number of benzene rings is 4. The molecule has 6 aromatic rings. The molecule has 0 saturated heterocycles. The van der Waals surface area contributed by atoms with E-state index in [1.807, 2.05) is 36.4 Å². The summed E-state index contributed by atoms with van der Waals surface area (Å²) in [5, 5.41) is 2.07. The zero-order valence-corrected chi connectivity index (χ0v) is 25.8. The van der Waals surface area contributed by atoms with Crippen molar-refractivity contribution in [3.05, 3.63) is 96.3 Å². The molecule has 0 aliphatic carbocycles. The molecule has 10 nitrogen and oxygen atoms in total. The maximum absolute atomic E-state index is 6.17. The lowest BCUT2D eigenvalue weighted by Crippen LogP contribution is -1.94. The lowest BCUT2D eigenvalue weighted by Gasteiger charge is -2.13. The quantitative estimate of drug-likeness (QED) is 0.161. The van der Waals surface area contributed by atoms with Crippen molar-refractivity contribution in [3.8, 4) is 46.0 Å². The molecule has 0 aliphatic rings. The van der Waals surface area contributed by atoms with Crippen LogP contribution in [-0.2, 0) is 0 Å². The normalized spacial score (nSPS) is 10.5. The Morgan fingerprint density at radius 1 is 0.489 bits per heavy atom. The zero-order valence-electron chi connectivity index (χ0n) is 25.0. The van der Waals surface area contributed by atoms with Crippen LogP contribution in [0.5, 0.6) is 46.0 Å². The molecule has 0 radical (unpaired) electrons. The standard InChI is InChI=1S/C17H15ClN2O3.C17H16N2O3/c1-21-16-8-11-13(9-17(16)22-2)20-6-5-14(11)23-15-4-3-10(19)7-12(15)18;1-20-16-9-13-14(10-17(16)21-2)19-8-7-15(13)22-12-5-3-11(18)4-6-12/h3-9H,19H2,1-2H3;3-10H,18H2,1-2H3. The predicted molar refractivity (Wildman–Crippen MR) is 177 cm³/mol. The second kappa shape index (κ2) is 13.8. The highest BCUT2D eigenvalue weighted by molar-refractivity contribution is 6.32. The van der Waals surface area contributed by atoms with E-state index in [-0.39, 0.29) is 0 Å². The fraction of sp³-hybridized carbons (Fsp3) is 0.118. The number of nitrogens with zero attached hydrogens (tertiary/aromatic N) is 2. The van der Waals surface area contributed by atoms with Gasteiger partial charge in [0.2, 0.25) is 0 Å². The van der Waals surface area contributed by atoms with Gasteiger partial charge in [-0.1, -0.05) is 11.6 Å². The van der Waals surface area contributed by atoms with E-state index in [1.165, 1.54) is 0 Å². The van der Waals surface area contributed by atoms with Gasteiger partial charge >= 0.3 is 0 Å². The number of nitrogen functional groups attached to an aromatic ring is 2. The number of pyridine rings is 2. The van der Waals surface area contributed by atoms with E-state index in [2.05, 4.69) is 9.97 Å². The van der Waals surface area contributed by atoms with Gasteiger partial charge < -0.3 is 39.9 Å². The molecular formula is C34H31ClN4O6. The predicted octanol–water partition coefficient (Wildman–Crippen LogP) is 7.91. The lowest BCUT2D eigenvalue weighted by atomic mass is 10.2. The third kappa shape index (κ3) is 6.97. The van der Waals surface area contributed by atoms with Gasteiger partial charge in [-0.25, -0.2) is 0 Å². The number of rotatable bonds is 8. The van der Waals surface area contributed by atoms with E-state index in [0.717, 1.165) is 21.8 Å². The van der Waals surface area contributed by atoms with Gasteiger partial charge in [-0.05, 0) is 66.7 Å². The molecule has 0 unspecified atom stereocenters. The smallest absolute Gasteiger partial charge is 0.162 e. The molecule has 0 spiro atoms. The van der Waals surface area contributed by atoms with Crippen molar-refractivity contribution in [1.29, 1.82) is 0 Å². The summed E-state index contributed by atoms with van der Waals surface area (Å²) < 4.78 is 33.1. The summed E-state index contributed by atoms with van der Waals surface area (Å²) in [5.41, 5.74) is 14.2. The van der Waals surface area contributed by atoms with Crippen molar-refractivity contribution in [2.24, 2.45) is 0 Å². The summed E-state index contributed by atoms with van der Waals surface area (Å²) in [6.45, 7) is 0. The van der Waals surface area contributed by atoms with Crippen LogP contribution >= 0.6 is 11.6 Å². The van der Waals surface area contributed by atoms with Gasteiger partial charge in [-0.15, -0.1) is 0 Å². The third-order valence-corrected chi connectivity index (χ3v) is 6.99. The maximum Gasteiger partial charge on any atom is 0.162 e. The van der Waals surface area contributed by atoms with Crippen molar-refractivity contribution in [2.45, 2.75) is 0 Å².